The van der Waals surface area contributed by atoms with Gasteiger partial charge < -0.3 is 16.0 Å². The fraction of sp³-hybridized carbons (Fsp3) is 0.394. The number of benzene rings is 3. The van der Waals surface area contributed by atoms with Gasteiger partial charge in [-0.3, -0.25) is 9.59 Å². The van der Waals surface area contributed by atoms with Gasteiger partial charge in [0.2, 0.25) is 11.8 Å². The molecular weight excluding hydrogens is 470 g/mol. The van der Waals surface area contributed by atoms with Crippen LogP contribution >= 0.6 is 0 Å². The van der Waals surface area contributed by atoms with Crippen LogP contribution < -0.4 is 11.1 Å². The van der Waals surface area contributed by atoms with E-state index in [9.17, 15) is 9.59 Å². The minimum absolute atomic E-state index is 0.00454. The molecule has 0 heterocycles. The van der Waals surface area contributed by atoms with Crippen molar-refractivity contribution in [1.29, 1.82) is 0 Å². The van der Waals surface area contributed by atoms with Crippen molar-refractivity contribution >= 4 is 11.8 Å². The van der Waals surface area contributed by atoms with Crippen LogP contribution in [0, 0.1) is 11.8 Å². The van der Waals surface area contributed by atoms with Crippen molar-refractivity contribution in [3.63, 3.8) is 0 Å². The third kappa shape index (κ3) is 5.68. The predicted octanol–water partition coefficient (Wildman–Crippen LogP) is 4.71. The number of hydrogen-bond acceptors (Lipinski definition) is 3. The molecule has 2 saturated carbocycles. The van der Waals surface area contributed by atoms with Crippen molar-refractivity contribution in [2.24, 2.45) is 17.6 Å². The molecule has 0 spiro atoms. The molecule has 6 atom stereocenters. The monoisotopic (exact) mass is 509 g/mol. The van der Waals surface area contributed by atoms with Crippen molar-refractivity contribution < 1.29 is 9.59 Å². The normalized spacial score (nSPS) is 23.5. The van der Waals surface area contributed by atoms with E-state index in [0.29, 0.717) is 37.1 Å². The van der Waals surface area contributed by atoms with Crippen LogP contribution in [0.4, 0.5) is 0 Å². The Bertz CT molecular complexity index is 1200. The van der Waals surface area contributed by atoms with E-state index >= 15 is 0 Å². The summed E-state index contributed by atoms with van der Waals surface area (Å²) in [4.78, 5) is 29.7. The van der Waals surface area contributed by atoms with Gasteiger partial charge in [0.1, 0.15) is 6.04 Å². The maximum Gasteiger partial charge on any atom is 0.245 e. The molecule has 3 aromatic carbocycles. The molecule has 2 aliphatic rings. The first-order valence-corrected chi connectivity index (χ1v) is 14.0. The fourth-order valence-electron chi connectivity index (χ4n) is 6.86. The second-order valence-corrected chi connectivity index (χ2v) is 10.9. The zero-order chi connectivity index (χ0) is 26.5. The molecule has 2 bridgehead atoms. The van der Waals surface area contributed by atoms with E-state index in [4.69, 9.17) is 5.73 Å². The summed E-state index contributed by atoms with van der Waals surface area (Å²) in [5.74, 6) is 1.16. The number of nitrogens with two attached hydrogens (primary N) is 1. The van der Waals surface area contributed by atoms with E-state index in [1.54, 1.807) is 0 Å². The summed E-state index contributed by atoms with van der Waals surface area (Å²) in [6.07, 6.45) is 4.44. The molecule has 2 aliphatic carbocycles. The van der Waals surface area contributed by atoms with Crippen molar-refractivity contribution in [2.75, 3.05) is 6.54 Å². The van der Waals surface area contributed by atoms with Gasteiger partial charge in [0, 0.05) is 24.9 Å². The Morgan fingerprint density at radius 1 is 0.842 bits per heavy atom. The zero-order valence-electron chi connectivity index (χ0n) is 22.2. The number of carbonyl (C=O) groups excluding carboxylic acids is 2. The number of likely N-dealkylation sites (N-methyl/N-ethyl adjacent to an activating group) is 1. The standard InChI is InChI=1S/C33H39N3O2/c1-2-36(31-27-19-18-26(22-27)30(31)25-16-10-5-11-17-25)33(38)29(21-24-14-8-4-9-15-24)35-32(37)28(34)20-23-12-6-3-7-13-23/h3-17,26-31H,2,18-22,34H2,1H3,(H,35,37)/t26?,27?,28?,29-,30?,31?/m0/s1. The number of fused-ring (bicyclic) bond motifs is 2. The van der Waals surface area contributed by atoms with Gasteiger partial charge in [0.25, 0.3) is 0 Å². The van der Waals surface area contributed by atoms with Crippen molar-refractivity contribution in [1.82, 2.24) is 10.2 Å². The minimum Gasteiger partial charge on any atom is -0.343 e. The quantitative estimate of drug-likeness (QED) is 0.416. The van der Waals surface area contributed by atoms with Crippen molar-refractivity contribution in [2.45, 2.75) is 63.1 Å². The summed E-state index contributed by atoms with van der Waals surface area (Å²) >= 11 is 0. The molecule has 0 radical (unpaired) electrons. The lowest BCUT2D eigenvalue weighted by atomic mass is 9.78. The summed E-state index contributed by atoms with van der Waals surface area (Å²) in [7, 11) is 0. The SMILES string of the molecule is CCN(C(=O)[C@H](Cc1ccccc1)NC(=O)C(N)Cc1ccccc1)C1C2CCC(C2)C1c1ccccc1. The number of hydrogen-bond donors (Lipinski definition) is 2. The molecule has 3 N–H and O–H groups in total. The Morgan fingerprint density at radius 3 is 2.00 bits per heavy atom. The third-order valence-electron chi connectivity index (χ3n) is 8.57. The summed E-state index contributed by atoms with van der Waals surface area (Å²) in [6.45, 7) is 2.68. The summed E-state index contributed by atoms with van der Waals surface area (Å²) < 4.78 is 0. The lowest BCUT2D eigenvalue weighted by Crippen LogP contribution is -2.57. The van der Waals surface area contributed by atoms with Gasteiger partial charge >= 0.3 is 0 Å². The number of nitrogens with zero attached hydrogens (tertiary/aromatic N) is 1. The lowest BCUT2D eigenvalue weighted by Gasteiger charge is -2.41. The molecule has 0 aromatic heterocycles. The van der Waals surface area contributed by atoms with Gasteiger partial charge in [0.15, 0.2) is 0 Å². The molecule has 5 nitrogen and oxygen atoms in total. The molecule has 0 saturated heterocycles. The largest absolute Gasteiger partial charge is 0.343 e. The van der Waals surface area contributed by atoms with Crippen LogP contribution in [0.15, 0.2) is 91.0 Å². The molecular formula is C33H39N3O2. The molecule has 198 valence electrons. The lowest BCUT2D eigenvalue weighted by molar-refractivity contribution is -0.139. The summed E-state index contributed by atoms with van der Waals surface area (Å²) in [6, 6.07) is 29.1. The summed E-state index contributed by atoms with van der Waals surface area (Å²) in [5.41, 5.74) is 9.68. The van der Waals surface area contributed by atoms with Crippen LogP contribution in [0.2, 0.25) is 0 Å². The second kappa shape index (κ2) is 12.0. The number of nitrogens with one attached hydrogen (secondary N) is 1. The van der Waals surface area contributed by atoms with E-state index in [1.807, 2.05) is 60.7 Å². The van der Waals surface area contributed by atoms with E-state index in [-0.39, 0.29) is 17.9 Å². The van der Waals surface area contributed by atoms with Crippen LogP contribution in [-0.2, 0) is 22.4 Å². The van der Waals surface area contributed by atoms with Gasteiger partial charge in [-0.25, -0.2) is 0 Å². The highest BCUT2D eigenvalue weighted by molar-refractivity contribution is 5.90. The van der Waals surface area contributed by atoms with Crippen LogP contribution in [0.5, 0.6) is 0 Å². The first-order valence-electron chi connectivity index (χ1n) is 14.0. The first-order chi connectivity index (χ1) is 18.5. The van der Waals surface area contributed by atoms with Gasteiger partial charge in [-0.05, 0) is 61.1 Å². The van der Waals surface area contributed by atoms with Crippen LogP contribution in [0.1, 0.15) is 48.8 Å². The smallest absolute Gasteiger partial charge is 0.245 e. The van der Waals surface area contributed by atoms with Crippen LogP contribution in [0.25, 0.3) is 0 Å². The topological polar surface area (TPSA) is 75.4 Å². The first kappa shape index (κ1) is 26.2. The Hall–Kier alpha value is -3.44. The maximum atomic E-state index is 14.3. The maximum absolute atomic E-state index is 14.3. The molecule has 5 unspecified atom stereocenters. The predicted molar refractivity (Wildman–Crippen MR) is 151 cm³/mol. The molecule has 2 fully saturated rings. The van der Waals surface area contributed by atoms with E-state index in [0.717, 1.165) is 11.1 Å². The number of carbonyl (C=O) groups is 2. The zero-order valence-corrected chi connectivity index (χ0v) is 22.2. The average Bonchev–Trinajstić information content (AvgIpc) is 3.57. The summed E-state index contributed by atoms with van der Waals surface area (Å²) in [5, 5.41) is 3.07. The van der Waals surface area contributed by atoms with Crippen molar-refractivity contribution in [3.05, 3.63) is 108 Å². The van der Waals surface area contributed by atoms with E-state index < -0.39 is 12.1 Å². The van der Waals surface area contributed by atoms with Gasteiger partial charge in [-0.2, -0.15) is 0 Å². The highest BCUT2D eigenvalue weighted by atomic mass is 16.2. The average molecular weight is 510 g/mol. The Kier molecular flexibility index (Phi) is 8.23. The molecule has 0 aliphatic heterocycles. The minimum atomic E-state index is -0.724. The third-order valence-corrected chi connectivity index (χ3v) is 8.57. The van der Waals surface area contributed by atoms with E-state index in [2.05, 4.69) is 47.5 Å². The van der Waals surface area contributed by atoms with E-state index in [1.165, 1.54) is 24.8 Å². The molecule has 38 heavy (non-hydrogen) atoms. The fourth-order valence-corrected chi connectivity index (χ4v) is 6.86. The Morgan fingerprint density at radius 2 is 1.39 bits per heavy atom. The Labute approximate surface area is 226 Å². The molecule has 3 aromatic rings. The highest BCUT2D eigenvalue weighted by Gasteiger charge is 2.51. The van der Waals surface area contributed by atoms with Gasteiger partial charge in [0.05, 0.1) is 6.04 Å². The van der Waals surface area contributed by atoms with Crippen LogP contribution in [0.3, 0.4) is 0 Å². The number of rotatable bonds is 10. The second-order valence-electron chi connectivity index (χ2n) is 10.9. The van der Waals surface area contributed by atoms with Gasteiger partial charge in [-0.1, -0.05) is 91.0 Å². The van der Waals surface area contributed by atoms with Crippen LogP contribution in [-0.4, -0.2) is 41.4 Å². The highest BCUT2D eigenvalue weighted by Crippen LogP contribution is 2.55. The molecule has 5 rings (SSSR count). The molecule has 5 heteroatoms. The van der Waals surface area contributed by atoms with Gasteiger partial charge in [-0.15, -0.1) is 0 Å². The number of amides is 2. The molecule has 2 amide bonds. The Balaban J connectivity index is 1.39. The van der Waals surface area contributed by atoms with Crippen molar-refractivity contribution in [3.8, 4) is 0 Å².